The van der Waals surface area contributed by atoms with E-state index in [0.29, 0.717) is 19.5 Å². The molecule has 0 aromatic carbocycles. The zero-order valence-corrected chi connectivity index (χ0v) is 14.9. The number of aromatic amines is 1. The number of H-pyrrole nitrogens is 1. The number of carbonyl (C=O) groups excluding carboxylic acids is 1. The summed E-state index contributed by atoms with van der Waals surface area (Å²) in [5, 5.41) is 1.20. The quantitative estimate of drug-likeness (QED) is 0.352. The number of imidazole rings is 1. The molecule has 0 bridgehead atoms. The van der Waals surface area contributed by atoms with Gasteiger partial charge in [0.2, 0.25) is 0 Å². The van der Waals surface area contributed by atoms with Crippen LogP contribution in [0.25, 0.3) is 11.2 Å². The van der Waals surface area contributed by atoms with E-state index in [1.165, 1.54) is 11.8 Å². The van der Waals surface area contributed by atoms with Gasteiger partial charge in [-0.05, 0) is 49.4 Å². The first-order valence-corrected chi connectivity index (χ1v) is 8.25. The van der Waals surface area contributed by atoms with Crippen molar-refractivity contribution in [1.29, 1.82) is 0 Å². The first-order valence-electron chi connectivity index (χ1n) is 5.81. The number of nitrogens with one attached hydrogen (secondary N) is 1. The number of rotatable bonds is 3. The summed E-state index contributed by atoms with van der Waals surface area (Å²) in [7, 11) is 0. The Balaban J connectivity index is 2.05. The molecule has 0 saturated carbocycles. The molecule has 2 heterocycles. The van der Waals surface area contributed by atoms with E-state index in [0.717, 1.165) is 5.52 Å². The molecule has 0 aliphatic carbocycles. The van der Waals surface area contributed by atoms with Crippen molar-refractivity contribution in [1.82, 2.24) is 15.0 Å². The van der Waals surface area contributed by atoms with Crippen molar-refractivity contribution < 1.29 is 9.53 Å². The van der Waals surface area contributed by atoms with Gasteiger partial charge in [0, 0.05) is 0 Å². The van der Waals surface area contributed by atoms with Crippen LogP contribution in [0, 0.1) is 3.70 Å². The molecule has 108 valence electrons. The Morgan fingerprint density at radius 1 is 1.50 bits per heavy atom. The maximum Gasteiger partial charge on any atom is 0.316 e. The third-order valence-corrected chi connectivity index (χ3v) is 4.39. The Hall–Kier alpha value is -0.540. The lowest BCUT2D eigenvalue weighted by atomic mass is 10.2. The second-order valence-electron chi connectivity index (χ2n) is 5.05. The minimum atomic E-state index is -0.475. The van der Waals surface area contributed by atoms with Gasteiger partial charge in [0.15, 0.2) is 10.8 Å². The second kappa shape index (κ2) is 6.07. The van der Waals surface area contributed by atoms with Crippen LogP contribution in [-0.2, 0) is 9.53 Å². The van der Waals surface area contributed by atoms with Crippen molar-refractivity contribution in [2.24, 2.45) is 0 Å². The lowest BCUT2D eigenvalue weighted by Gasteiger charge is -2.18. The molecule has 0 atom stereocenters. The third-order valence-electron chi connectivity index (χ3n) is 2.11. The van der Waals surface area contributed by atoms with Crippen LogP contribution in [0.5, 0.6) is 0 Å². The minimum Gasteiger partial charge on any atom is -0.459 e. The molecule has 8 heteroatoms. The maximum atomic E-state index is 11.6. The molecule has 2 aromatic heterocycles. The summed E-state index contributed by atoms with van der Waals surface area (Å²) >= 11 is 9.33. The van der Waals surface area contributed by atoms with Gasteiger partial charge in [-0.2, -0.15) is 0 Å². The highest BCUT2D eigenvalue weighted by molar-refractivity contribution is 14.1. The smallest absolute Gasteiger partial charge is 0.316 e. The molecule has 0 spiro atoms. The molecule has 2 rings (SSSR count). The Bertz CT molecular complexity index is 615. The lowest BCUT2D eigenvalue weighted by molar-refractivity contribution is -0.151. The van der Waals surface area contributed by atoms with Crippen molar-refractivity contribution in [2.75, 3.05) is 5.75 Å². The van der Waals surface area contributed by atoms with Crippen molar-refractivity contribution in [3.05, 3.63) is 14.8 Å². The van der Waals surface area contributed by atoms with Gasteiger partial charge in [-0.15, -0.1) is 0 Å². The molecular weight excluding hydrogens is 413 g/mol. The first-order chi connectivity index (χ1) is 9.24. The second-order valence-corrected chi connectivity index (χ2v) is 7.44. The van der Waals surface area contributed by atoms with Gasteiger partial charge in [0.05, 0.1) is 16.3 Å². The Labute approximate surface area is 139 Å². The van der Waals surface area contributed by atoms with Crippen LogP contribution in [0.4, 0.5) is 0 Å². The van der Waals surface area contributed by atoms with E-state index in [9.17, 15) is 4.79 Å². The molecule has 0 amide bonds. The van der Waals surface area contributed by atoms with E-state index in [-0.39, 0.29) is 11.7 Å². The van der Waals surface area contributed by atoms with E-state index in [4.69, 9.17) is 16.3 Å². The van der Waals surface area contributed by atoms with Gasteiger partial charge in [-0.3, -0.25) is 4.79 Å². The average molecular weight is 426 g/mol. The van der Waals surface area contributed by atoms with Gasteiger partial charge in [0.25, 0.3) is 0 Å². The molecule has 0 fully saturated rings. The molecular formula is C12H13ClIN3O2S. The molecule has 0 unspecified atom stereocenters. The summed E-state index contributed by atoms with van der Waals surface area (Å²) in [6, 6.07) is 1.77. The largest absolute Gasteiger partial charge is 0.459 e. The normalized spacial score (nSPS) is 11.8. The molecule has 1 N–H and O–H groups in total. The summed E-state index contributed by atoms with van der Waals surface area (Å²) in [6.07, 6.45) is 0. The first kappa shape index (κ1) is 15.8. The summed E-state index contributed by atoms with van der Waals surface area (Å²) in [6.45, 7) is 5.51. The number of aromatic nitrogens is 3. The number of fused-ring (bicyclic) bond motifs is 1. The zero-order chi connectivity index (χ0) is 14.9. The standard InChI is InChI=1S/C12H13ClIN3O2S/c1-12(2,3)19-8(18)5-20-11-15-7-4-6(13)9(14)16-10(7)17-11/h4H,5H2,1-3H3,(H,15,16,17). The maximum absolute atomic E-state index is 11.6. The molecule has 0 saturated heterocycles. The number of esters is 1. The van der Waals surface area contributed by atoms with Crippen LogP contribution in [-0.4, -0.2) is 32.3 Å². The fourth-order valence-corrected chi connectivity index (χ4v) is 2.62. The van der Waals surface area contributed by atoms with E-state index >= 15 is 0 Å². The molecule has 5 nitrogen and oxygen atoms in total. The average Bonchev–Trinajstić information content (AvgIpc) is 2.67. The number of halogens is 2. The van der Waals surface area contributed by atoms with Crippen molar-refractivity contribution in [2.45, 2.75) is 31.5 Å². The number of ether oxygens (including phenoxy) is 1. The van der Waals surface area contributed by atoms with E-state index in [2.05, 4.69) is 37.5 Å². The predicted molar refractivity (Wildman–Crippen MR) is 88.2 cm³/mol. The zero-order valence-electron chi connectivity index (χ0n) is 11.2. The number of pyridine rings is 1. The number of thioether (sulfide) groups is 1. The summed E-state index contributed by atoms with van der Waals surface area (Å²) < 4.78 is 5.93. The predicted octanol–water partition coefficient (Wildman–Crippen LogP) is 3.65. The molecule has 0 aliphatic rings. The lowest BCUT2D eigenvalue weighted by Crippen LogP contribution is -2.24. The molecule has 0 aliphatic heterocycles. The topological polar surface area (TPSA) is 67.9 Å². The summed E-state index contributed by atoms with van der Waals surface area (Å²) in [5.74, 6) is -0.0782. The molecule has 0 radical (unpaired) electrons. The van der Waals surface area contributed by atoms with Gasteiger partial charge in [-0.25, -0.2) is 9.97 Å². The van der Waals surface area contributed by atoms with Crippen LogP contribution < -0.4 is 0 Å². The third kappa shape index (κ3) is 4.23. The summed E-state index contributed by atoms with van der Waals surface area (Å²) in [5.41, 5.74) is 0.865. The van der Waals surface area contributed by atoms with E-state index < -0.39 is 5.60 Å². The Morgan fingerprint density at radius 2 is 2.20 bits per heavy atom. The van der Waals surface area contributed by atoms with Crippen LogP contribution in [0.3, 0.4) is 0 Å². The summed E-state index contributed by atoms with van der Waals surface area (Å²) in [4.78, 5) is 23.3. The number of hydrogen-bond donors (Lipinski definition) is 1. The van der Waals surface area contributed by atoms with Crippen LogP contribution in [0.1, 0.15) is 20.8 Å². The van der Waals surface area contributed by atoms with Crippen molar-refractivity contribution in [3.8, 4) is 0 Å². The van der Waals surface area contributed by atoms with Crippen LogP contribution in [0.2, 0.25) is 5.02 Å². The van der Waals surface area contributed by atoms with Gasteiger partial charge in [-0.1, -0.05) is 23.4 Å². The minimum absolute atomic E-state index is 0.196. The highest BCUT2D eigenvalue weighted by Crippen LogP contribution is 2.24. The van der Waals surface area contributed by atoms with Crippen molar-refractivity contribution in [3.63, 3.8) is 0 Å². The van der Waals surface area contributed by atoms with Gasteiger partial charge >= 0.3 is 5.97 Å². The highest BCUT2D eigenvalue weighted by Gasteiger charge is 2.17. The van der Waals surface area contributed by atoms with Crippen LogP contribution >= 0.6 is 46.0 Å². The van der Waals surface area contributed by atoms with Gasteiger partial charge in [0.1, 0.15) is 9.30 Å². The number of carbonyl (C=O) groups is 1. The fourth-order valence-electron chi connectivity index (χ4n) is 1.44. The molecule has 2 aromatic rings. The fraction of sp³-hybridized carbons (Fsp3) is 0.417. The Kier molecular flexibility index (Phi) is 4.80. The monoisotopic (exact) mass is 425 g/mol. The molecule has 20 heavy (non-hydrogen) atoms. The highest BCUT2D eigenvalue weighted by atomic mass is 127. The number of nitrogens with zero attached hydrogens (tertiary/aromatic N) is 2. The van der Waals surface area contributed by atoms with Crippen molar-refractivity contribution >= 4 is 63.1 Å². The number of hydrogen-bond acceptors (Lipinski definition) is 5. The van der Waals surface area contributed by atoms with E-state index in [1.54, 1.807) is 6.07 Å². The van der Waals surface area contributed by atoms with Crippen LogP contribution in [0.15, 0.2) is 11.2 Å². The Morgan fingerprint density at radius 3 is 2.85 bits per heavy atom. The van der Waals surface area contributed by atoms with E-state index in [1.807, 2.05) is 20.8 Å². The van der Waals surface area contributed by atoms with Gasteiger partial charge < -0.3 is 9.72 Å². The SMILES string of the molecule is CC(C)(C)OC(=O)CSc1nc2nc(I)c(Cl)cc2[nH]1.